The number of amides is 2. The molecule has 2 aliphatic heterocycles. The lowest BCUT2D eigenvalue weighted by molar-refractivity contribution is -0.155. The zero-order valence-electron chi connectivity index (χ0n) is 13.5. The number of nitrogens with one attached hydrogen (secondary N) is 1. The van der Waals surface area contributed by atoms with E-state index in [0.717, 1.165) is 38.5 Å². The van der Waals surface area contributed by atoms with Crippen LogP contribution >= 0.6 is 0 Å². The quantitative estimate of drug-likeness (QED) is 0.842. The molecule has 2 aliphatic rings. The van der Waals surface area contributed by atoms with Gasteiger partial charge in [-0.15, -0.1) is 0 Å². The molecule has 0 saturated carbocycles. The Morgan fingerprint density at radius 2 is 2.00 bits per heavy atom. The Kier molecular flexibility index (Phi) is 5.25. The maximum Gasteiger partial charge on any atom is 0.245 e. The first-order valence-corrected chi connectivity index (χ1v) is 8.29. The molecular weight excluding hydrogens is 268 g/mol. The van der Waals surface area contributed by atoms with Gasteiger partial charge in [-0.3, -0.25) is 9.59 Å². The summed E-state index contributed by atoms with van der Waals surface area (Å²) in [7, 11) is 0. The maximum absolute atomic E-state index is 12.6. The first-order valence-electron chi connectivity index (χ1n) is 8.29. The van der Waals surface area contributed by atoms with Crippen LogP contribution in [0.1, 0.15) is 59.3 Å². The van der Waals surface area contributed by atoms with Gasteiger partial charge < -0.3 is 15.0 Å². The van der Waals surface area contributed by atoms with E-state index in [4.69, 9.17) is 4.74 Å². The summed E-state index contributed by atoms with van der Waals surface area (Å²) in [6, 6.07) is -0.201. The van der Waals surface area contributed by atoms with Crippen molar-refractivity contribution in [3.05, 3.63) is 0 Å². The number of hydrogen-bond donors (Lipinski definition) is 1. The van der Waals surface area contributed by atoms with E-state index in [-0.39, 0.29) is 36.0 Å². The predicted octanol–water partition coefficient (Wildman–Crippen LogP) is 1.85. The van der Waals surface area contributed by atoms with Crippen LogP contribution in [-0.4, -0.2) is 47.6 Å². The molecule has 2 fully saturated rings. The zero-order chi connectivity index (χ0) is 15.5. The lowest BCUT2D eigenvalue weighted by atomic mass is 9.84. The fourth-order valence-corrected chi connectivity index (χ4v) is 3.54. The van der Waals surface area contributed by atoms with Crippen LogP contribution in [0.2, 0.25) is 0 Å². The molecule has 2 heterocycles. The van der Waals surface area contributed by atoms with Gasteiger partial charge in [0.1, 0.15) is 6.04 Å². The highest BCUT2D eigenvalue weighted by atomic mass is 16.5. The summed E-state index contributed by atoms with van der Waals surface area (Å²) in [5.41, 5.74) is -0.128. The van der Waals surface area contributed by atoms with Crippen molar-refractivity contribution in [3.63, 3.8) is 0 Å². The molecule has 21 heavy (non-hydrogen) atoms. The third-order valence-electron chi connectivity index (χ3n) is 5.00. The Hall–Kier alpha value is -1.10. The second-order valence-electron chi connectivity index (χ2n) is 6.26. The van der Waals surface area contributed by atoms with Gasteiger partial charge in [-0.05, 0) is 32.1 Å². The van der Waals surface area contributed by atoms with Gasteiger partial charge in [0.05, 0.1) is 12.1 Å². The minimum Gasteiger partial charge on any atom is -0.375 e. The fraction of sp³-hybridized carbons (Fsp3) is 0.875. The first kappa shape index (κ1) is 16.3. The predicted molar refractivity (Wildman–Crippen MR) is 80.8 cm³/mol. The van der Waals surface area contributed by atoms with Crippen LogP contribution in [0, 0.1) is 0 Å². The van der Waals surface area contributed by atoms with E-state index in [9.17, 15) is 9.59 Å². The largest absolute Gasteiger partial charge is 0.375 e. The van der Waals surface area contributed by atoms with Crippen molar-refractivity contribution < 1.29 is 14.3 Å². The Balaban J connectivity index is 2.11. The molecule has 2 rings (SSSR count). The number of carbonyl (C=O) groups excluding carboxylic acids is 2. The summed E-state index contributed by atoms with van der Waals surface area (Å²) in [6.07, 6.45) is 5.19. The molecule has 0 aromatic rings. The average Bonchev–Trinajstić information content (AvgIpc) is 2.50. The SMILES string of the molecule is CCCC1NC(=O)CN(C2CCOC(CC)(CC)C2)C1=O. The van der Waals surface area contributed by atoms with E-state index in [1.165, 1.54) is 0 Å². The summed E-state index contributed by atoms with van der Waals surface area (Å²) in [6.45, 7) is 7.18. The highest BCUT2D eigenvalue weighted by Crippen LogP contribution is 2.34. The summed E-state index contributed by atoms with van der Waals surface area (Å²) in [5, 5.41) is 2.82. The molecule has 0 aromatic heterocycles. The Labute approximate surface area is 127 Å². The Morgan fingerprint density at radius 1 is 1.29 bits per heavy atom. The van der Waals surface area contributed by atoms with Crippen molar-refractivity contribution >= 4 is 11.8 Å². The lowest BCUT2D eigenvalue weighted by Gasteiger charge is -2.46. The summed E-state index contributed by atoms with van der Waals surface area (Å²) >= 11 is 0. The monoisotopic (exact) mass is 296 g/mol. The fourth-order valence-electron chi connectivity index (χ4n) is 3.54. The molecule has 5 nitrogen and oxygen atoms in total. The molecule has 0 bridgehead atoms. The molecule has 2 amide bonds. The standard InChI is InChI=1S/C16H28N2O3/c1-4-7-13-15(20)18(11-14(19)17-13)12-8-9-21-16(5-2,6-3)10-12/h12-13H,4-11H2,1-3H3,(H,17,19). The number of nitrogens with zero attached hydrogens (tertiary/aromatic N) is 1. The van der Waals surface area contributed by atoms with Gasteiger partial charge in [0, 0.05) is 12.6 Å². The van der Waals surface area contributed by atoms with Crippen molar-refractivity contribution in [2.24, 2.45) is 0 Å². The van der Waals surface area contributed by atoms with E-state index in [1.807, 2.05) is 11.8 Å². The van der Waals surface area contributed by atoms with Gasteiger partial charge in [0.2, 0.25) is 11.8 Å². The topological polar surface area (TPSA) is 58.6 Å². The second kappa shape index (κ2) is 6.77. The molecule has 2 saturated heterocycles. The number of ether oxygens (including phenoxy) is 1. The van der Waals surface area contributed by atoms with Gasteiger partial charge in [-0.2, -0.15) is 0 Å². The molecule has 0 spiro atoms. The molecule has 0 aliphatic carbocycles. The number of hydrogen-bond acceptors (Lipinski definition) is 3. The van der Waals surface area contributed by atoms with Crippen molar-refractivity contribution in [1.82, 2.24) is 10.2 Å². The van der Waals surface area contributed by atoms with E-state index < -0.39 is 0 Å². The number of carbonyl (C=O) groups is 2. The van der Waals surface area contributed by atoms with Crippen LogP contribution < -0.4 is 5.32 Å². The van der Waals surface area contributed by atoms with Crippen LogP contribution in [0.4, 0.5) is 0 Å². The lowest BCUT2D eigenvalue weighted by Crippen LogP contribution is -2.62. The van der Waals surface area contributed by atoms with Crippen LogP contribution in [0.25, 0.3) is 0 Å². The van der Waals surface area contributed by atoms with Crippen molar-refractivity contribution in [3.8, 4) is 0 Å². The minimum absolute atomic E-state index is 0.0295. The third-order valence-corrected chi connectivity index (χ3v) is 5.00. The average molecular weight is 296 g/mol. The van der Waals surface area contributed by atoms with Crippen LogP contribution in [0.3, 0.4) is 0 Å². The zero-order valence-corrected chi connectivity index (χ0v) is 13.5. The normalized spacial score (nSPS) is 29.4. The maximum atomic E-state index is 12.6. The van der Waals surface area contributed by atoms with Crippen molar-refractivity contribution in [2.45, 2.75) is 77.0 Å². The van der Waals surface area contributed by atoms with Gasteiger partial charge in [-0.25, -0.2) is 0 Å². The molecule has 2 unspecified atom stereocenters. The molecule has 2 atom stereocenters. The van der Waals surface area contributed by atoms with Crippen LogP contribution in [0.15, 0.2) is 0 Å². The summed E-state index contributed by atoms with van der Waals surface area (Å²) in [4.78, 5) is 26.3. The van der Waals surface area contributed by atoms with E-state index in [2.05, 4.69) is 19.2 Å². The number of piperazine rings is 1. The summed E-state index contributed by atoms with van der Waals surface area (Å²) < 4.78 is 5.98. The Bertz CT molecular complexity index is 393. The van der Waals surface area contributed by atoms with Gasteiger partial charge in [-0.1, -0.05) is 27.2 Å². The smallest absolute Gasteiger partial charge is 0.245 e. The third kappa shape index (κ3) is 3.39. The van der Waals surface area contributed by atoms with Gasteiger partial charge in [0.15, 0.2) is 0 Å². The first-order chi connectivity index (χ1) is 10.0. The van der Waals surface area contributed by atoms with E-state index in [0.29, 0.717) is 6.61 Å². The second-order valence-corrected chi connectivity index (χ2v) is 6.26. The van der Waals surface area contributed by atoms with Crippen molar-refractivity contribution in [2.75, 3.05) is 13.2 Å². The van der Waals surface area contributed by atoms with Gasteiger partial charge >= 0.3 is 0 Å². The summed E-state index contributed by atoms with van der Waals surface area (Å²) in [5.74, 6) is 0.0580. The van der Waals surface area contributed by atoms with E-state index >= 15 is 0 Å². The van der Waals surface area contributed by atoms with Crippen molar-refractivity contribution in [1.29, 1.82) is 0 Å². The van der Waals surface area contributed by atoms with Gasteiger partial charge in [0.25, 0.3) is 0 Å². The number of rotatable bonds is 5. The molecule has 1 N–H and O–H groups in total. The minimum atomic E-state index is -0.336. The highest BCUT2D eigenvalue weighted by Gasteiger charge is 2.42. The molecule has 0 aromatic carbocycles. The van der Waals surface area contributed by atoms with Crippen LogP contribution in [-0.2, 0) is 14.3 Å². The van der Waals surface area contributed by atoms with E-state index in [1.54, 1.807) is 0 Å². The highest BCUT2D eigenvalue weighted by molar-refractivity contribution is 5.95. The van der Waals surface area contributed by atoms with Crippen LogP contribution in [0.5, 0.6) is 0 Å². The molecule has 120 valence electrons. The molecule has 0 radical (unpaired) electrons. The molecule has 5 heteroatoms. The Morgan fingerprint density at radius 3 is 2.62 bits per heavy atom. The molecular formula is C16H28N2O3.